The van der Waals surface area contributed by atoms with Crippen molar-refractivity contribution in [2.45, 2.75) is 31.3 Å². The van der Waals surface area contributed by atoms with Crippen molar-refractivity contribution >= 4 is 21.6 Å². The van der Waals surface area contributed by atoms with Crippen LogP contribution in [0.3, 0.4) is 0 Å². The number of hydrogen-bond donors (Lipinski definition) is 2. The van der Waals surface area contributed by atoms with Gasteiger partial charge in [0.15, 0.2) is 0 Å². The van der Waals surface area contributed by atoms with E-state index in [9.17, 15) is 0 Å². The summed E-state index contributed by atoms with van der Waals surface area (Å²) < 4.78 is 1.18. The predicted octanol–water partition coefficient (Wildman–Crippen LogP) is 3.06. The van der Waals surface area contributed by atoms with Gasteiger partial charge in [-0.2, -0.15) is 0 Å². The van der Waals surface area contributed by atoms with Crippen molar-refractivity contribution in [2.24, 2.45) is 0 Å². The van der Waals surface area contributed by atoms with Gasteiger partial charge in [0.05, 0.1) is 5.69 Å². The zero-order valence-corrected chi connectivity index (χ0v) is 10.2. The number of benzene rings is 1. The summed E-state index contributed by atoms with van der Waals surface area (Å²) in [4.78, 5) is 0. The van der Waals surface area contributed by atoms with Crippen LogP contribution in [0.15, 0.2) is 22.7 Å². The highest BCUT2D eigenvalue weighted by atomic mass is 79.9. The molecule has 1 atom stereocenters. The number of fused-ring (bicyclic) bond motifs is 1. The Hall–Kier alpha value is -0.540. The largest absolute Gasteiger partial charge is 0.384 e. The molecule has 1 aromatic carbocycles. The van der Waals surface area contributed by atoms with Gasteiger partial charge in [-0.3, -0.25) is 0 Å². The Balaban J connectivity index is 1.91. The fourth-order valence-corrected chi connectivity index (χ4v) is 2.74. The van der Waals surface area contributed by atoms with Gasteiger partial charge in [-0.15, -0.1) is 0 Å². The van der Waals surface area contributed by atoms with Gasteiger partial charge < -0.3 is 10.6 Å². The third kappa shape index (κ3) is 1.91. The summed E-state index contributed by atoms with van der Waals surface area (Å²) in [6, 6.07) is 7.78. The van der Waals surface area contributed by atoms with Crippen LogP contribution in [0, 0.1) is 0 Å². The summed E-state index contributed by atoms with van der Waals surface area (Å²) in [7, 11) is 0. The minimum absolute atomic E-state index is 0.547. The SMILES string of the molecule is Brc1cccc2c1NCCC2NC1CC1. The Morgan fingerprint density at radius 3 is 2.93 bits per heavy atom. The summed E-state index contributed by atoms with van der Waals surface area (Å²) in [5.41, 5.74) is 2.70. The Kier molecular flexibility index (Phi) is 2.45. The summed E-state index contributed by atoms with van der Waals surface area (Å²) in [5, 5.41) is 7.18. The second-order valence-corrected chi connectivity index (χ2v) is 5.27. The normalized spacial score (nSPS) is 24.5. The smallest absolute Gasteiger partial charge is 0.0533 e. The number of halogens is 1. The van der Waals surface area contributed by atoms with Gasteiger partial charge in [0.25, 0.3) is 0 Å². The standard InChI is InChI=1S/C12H15BrN2/c13-10-3-1-2-9-11(15-8-4-5-8)6-7-14-12(9)10/h1-3,8,11,14-15H,4-7H2. The quantitative estimate of drug-likeness (QED) is 0.860. The number of hydrogen-bond acceptors (Lipinski definition) is 2. The van der Waals surface area contributed by atoms with E-state index in [-0.39, 0.29) is 0 Å². The maximum atomic E-state index is 3.72. The van der Waals surface area contributed by atoms with E-state index in [1.54, 1.807) is 0 Å². The van der Waals surface area contributed by atoms with Crippen molar-refractivity contribution in [3.8, 4) is 0 Å². The lowest BCUT2D eigenvalue weighted by Crippen LogP contribution is -2.29. The molecule has 2 nitrogen and oxygen atoms in total. The highest BCUT2D eigenvalue weighted by Crippen LogP contribution is 2.37. The van der Waals surface area contributed by atoms with Crippen LogP contribution in [0.4, 0.5) is 5.69 Å². The molecule has 3 heteroatoms. The maximum Gasteiger partial charge on any atom is 0.0533 e. The van der Waals surface area contributed by atoms with E-state index in [2.05, 4.69) is 44.8 Å². The van der Waals surface area contributed by atoms with Crippen molar-refractivity contribution in [3.05, 3.63) is 28.2 Å². The van der Waals surface area contributed by atoms with Crippen LogP contribution in [0.5, 0.6) is 0 Å². The molecule has 15 heavy (non-hydrogen) atoms. The molecule has 0 bridgehead atoms. The summed E-state index contributed by atoms with van der Waals surface area (Å²) >= 11 is 3.60. The van der Waals surface area contributed by atoms with Crippen molar-refractivity contribution in [3.63, 3.8) is 0 Å². The Labute approximate surface area is 98.6 Å². The molecule has 0 spiro atoms. The summed E-state index contributed by atoms with van der Waals surface area (Å²) in [6.07, 6.45) is 3.90. The molecule has 1 aromatic rings. The summed E-state index contributed by atoms with van der Waals surface area (Å²) in [6.45, 7) is 1.07. The van der Waals surface area contributed by atoms with E-state index >= 15 is 0 Å². The molecule has 1 unspecified atom stereocenters. The van der Waals surface area contributed by atoms with Crippen LogP contribution in [-0.4, -0.2) is 12.6 Å². The first-order chi connectivity index (χ1) is 7.34. The minimum Gasteiger partial charge on any atom is -0.384 e. The fraction of sp³-hybridized carbons (Fsp3) is 0.500. The van der Waals surface area contributed by atoms with Gasteiger partial charge in [-0.1, -0.05) is 12.1 Å². The van der Waals surface area contributed by atoms with Gasteiger partial charge in [-0.05, 0) is 46.8 Å². The van der Waals surface area contributed by atoms with Crippen LogP contribution < -0.4 is 10.6 Å². The Morgan fingerprint density at radius 1 is 1.27 bits per heavy atom. The predicted molar refractivity (Wildman–Crippen MR) is 66.1 cm³/mol. The van der Waals surface area contributed by atoms with E-state index in [1.807, 2.05) is 0 Å². The average Bonchev–Trinajstić information content (AvgIpc) is 3.04. The third-order valence-corrected chi connectivity index (χ3v) is 3.83. The Morgan fingerprint density at radius 2 is 2.13 bits per heavy atom. The fourth-order valence-electron chi connectivity index (χ4n) is 2.22. The molecule has 1 fully saturated rings. The molecular weight excluding hydrogens is 252 g/mol. The molecule has 1 aliphatic carbocycles. The maximum absolute atomic E-state index is 3.72. The van der Waals surface area contributed by atoms with Crippen LogP contribution in [0.1, 0.15) is 30.9 Å². The topological polar surface area (TPSA) is 24.1 Å². The minimum atomic E-state index is 0.547. The molecule has 2 aliphatic rings. The second-order valence-electron chi connectivity index (χ2n) is 4.41. The van der Waals surface area contributed by atoms with Gasteiger partial charge in [0, 0.05) is 23.1 Å². The van der Waals surface area contributed by atoms with Crippen LogP contribution in [-0.2, 0) is 0 Å². The van der Waals surface area contributed by atoms with Crippen LogP contribution >= 0.6 is 15.9 Å². The number of rotatable bonds is 2. The van der Waals surface area contributed by atoms with Crippen molar-refractivity contribution < 1.29 is 0 Å². The molecule has 1 saturated carbocycles. The van der Waals surface area contributed by atoms with Gasteiger partial charge in [0.2, 0.25) is 0 Å². The first kappa shape index (κ1) is 9.67. The monoisotopic (exact) mass is 266 g/mol. The number of para-hydroxylation sites is 1. The highest BCUT2D eigenvalue weighted by Gasteiger charge is 2.28. The molecule has 0 saturated heterocycles. The molecule has 0 radical (unpaired) electrons. The lowest BCUT2D eigenvalue weighted by Gasteiger charge is -2.28. The van der Waals surface area contributed by atoms with Gasteiger partial charge in [-0.25, -0.2) is 0 Å². The Bertz CT molecular complexity index is 374. The third-order valence-electron chi connectivity index (χ3n) is 3.17. The number of nitrogens with one attached hydrogen (secondary N) is 2. The zero-order valence-electron chi connectivity index (χ0n) is 8.59. The van der Waals surface area contributed by atoms with Crippen LogP contribution in [0.2, 0.25) is 0 Å². The van der Waals surface area contributed by atoms with Crippen molar-refractivity contribution in [2.75, 3.05) is 11.9 Å². The number of anilines is 1. The van der Waals surface area contributed by atoms with E-state index in [0.717, 1.165) is 12.6 Å². The van der Waals surface area contributed by atoms with Gasteiger partial charge >= 0.3 is 0 Å². The molecule has 0 amide bonds. The molecule has 80 valence electrons. The molecule has 3 rings (SSSR count). The van der Waals surface area contributed by atoms with E-state index in [1.165, 1.54) is 35.0 Å². The van der Waals surface area contributed by atoms with Crippen molar-refractivity contribution in [1.82, 2.24) is 5.32 Å². The molecule has 1 heterocycles. The van der Waals surface area contributed by atoms with E-state index in [4.69, 9.17) is 0 Å². The van der Waals surface area contributed by atoms with Gasteiger partial charge in [0.1, 0.15) is 0 Å². The molecule has 0 aromatic heterocycles. The molecule has 2 N–H and O–H groups in total. The summed E-state index contributed by atoms with van der Waals surface area (Å²) in [5.74, 6) is 0. The molecular formula is C12H15BrN2. The van der Waals surface area contributed by atoms with Crippen molar-refractivity contribution in [1.29, 1.82) is 0 Å². The zero-order chi connectivity index (χ0) is 10.3. The van der Waals surface area contributed by atoms with E-state index in [0.29, 0.717) is 6.04 Å². The molecule has 1 aliphatic heterocycles. The van der Waals surface area contributed by atoms with E-state index < -0.39 is 0 Å². The first-order valence-electron chi connectivity index (χ1n) is 5.63. The lowest BCUT2D eigenvalue weighted by atomic mass is 9.98. The van der Waals surface area contributed by atoms with Crippen LogP contribution in [0.25, 0.3) is 0 Å². The second kappa shape index (κ2) is 3.80. The average molecular weight is 267 g/mol. The lowest BCUT2D eigenvalue weighted by molar-refractivity contribution is 0.498. The first-order valence-corrected chi connectivity index (χ1v) is 6.42. The highest BCUT2D eigenvalue weighted by molar-refractivity contribution is 9.10.